The number of benzene rings is 1. The summed E-state index contributed by atoms with van der Waals surface area (Å²) in [6, 6.07) is 8.42. The molecule has 2 unspecified atom stereocenters. The van der Waals surface area contributed by atoms with Crippen LogP contribution in [0.1, 0.15) is 37.8 Å². The quantitative estimate of drug-likeness (QED) is 0.847. The van der Waals surface area contributed by atoms with Crippen molar-refractivity contribution >= 4 is 11.6 Å². The Kier molecular flexibility index (Phi) is 6.30. The largest absolute Gasteiger partial charge is 0.392 e. The summed E-state index contributed by atoms with van der Waals surface area (Å²) < 4.78 is 0. The van der Waals surface area contributed by atoms with E-state index in [0.717, 1.165) is 50.5 Å². The van der Waals surface area contributed by atoms with Crippen molar-refractivity contribution in [2.75, 3.05) is 26.2 Å². The Balaban J connectivity index is 1.92. The maximum absolute atomic E-state index is 9.73. The van der Waals surface area contributed by atoms with Crippen LogP contribution in [0.3, 0.4) is 0 Å². The number of β-amino-alcohol motifs (C(OH)–C–C–N with tert-alkyl or cyclic N) is 1. The fraction of sp³-hybridized carbons (Fsp3) is 0.625. The van der Waals surface area contributed by atoms with Crippen molar-refractivity contribution in [3.8, 4) is 0 Å². The predicted octanol–water partition coefficient (Wildman–Crippen LogP) is 2.84. The Morgan fingerprint density at radius 2 is 2.35 bits per heavy atom. The van der Waals surface area contributed by atoms with E-state index in [1.807, 2.05) is 18.2 Å². The molecule has 0 aromatic heterocycles. The first kappa shape index (κ1) is 15.8. The summed E-state index contributed by atoms with van der Waals surface area (Å²) in [6.07, 6.45) is 2.94. The predicted molar refractivity (Wildman–Crippen MR) is 84.2 cm³/mol. The third-order valence-electron chi connectivity index (χ3n) is 3.92. The molecule has 0 spiro atoms. The molecule has 0 radical (unpaired) electrons. The van der Waals surface area contributed by atoms with Gasteiger partial charge in [-0.05, 0) is 50.0 Å². The summed E-state index contributed by atoms with van der Waals surface area (Å²) in [6.45, 7) is 6.00. The van der Waals surface area contributed by atoms with E-state index in [-0.39, 0.29) is 6.10 Å². The lowest BCUT2D eigenvalue weighted by Crippen LogP contribution is -2.39. The number of nitrogens with zero attached hydrogens (tertiary/aromatic N) is 1. The minimum absolute atomic E-state index is 0.146. The Labute approximate surface area is 126 Å². The van der Waals surface area contributed by atoms with Crippen LogP contribution >= 0.6 is 11.6 Å². The number of hydrogen-bond donors (Lipinski definition) is 2. The average Bonchev–Trinajstić information content (AvgIpc) is 2.43. The van der Waals surface area contributed by atoms with Crippen LogP contribution in [-0.2, 0) is 0 Å². The van der Waals surface area contributed by atoms with Gasteiger partial charge in [0.2, 0.25) is 0 Å². The Hall–Kier alpha value is -0.610. The van der Waals surface area contributed by atoms with Crippen LogP contribution in [0.25, 0.3) is 0 Å². The molecular weight excluding hydrogens is 272 g/mol. The van der Waals surface area contributed by atoms with Gasteiger partial charge in [0, 0.05) is 24.2 Å². The third kappa shape index (κ3) is 4.74. The molecule has 1 heterocycles. The molecule has 1 aromatic rings. The number of rotatable bonds is 6. The summed E-state index contributed by atoms with van der Waals surface area (Å²) in [7, 11) is 0. The molecule has 1 aliphatic heterocycles. The molecule has 1 aromatic carbocycles. The molecule has 2 rings (SSSR count). The number of nitrogens with one attached hydrogen (secondary N) is 1. The molecule has 1 aliphatic rings. The fourth-order valence-corrected chi connectivity index (χ4v) is 3.10. The van der Waals surface area contributed by atoms with Crippen molar-refractivity contribution in [2.45, 2.75) is 38.3 Å². The first-order chi connectivity index (χ1) is 9.69. The molecule has 112 valence electrons. The third-order valence-corrected chi connectivity index (χ3v) is 4.15. The SMILES string of the molecule is CCNC(CCN1CCCC(O)C1)c1cccc(Cl)c1. The van der Waals surface area contributed by atoms with Gasteiger partial charge in [0.25, 0.3) is 0 Å². The minimum atomic E-state index is -0.146. The van der Waals surface area contributed by atoms with Gasteiger partial charge in [-0.25, -0.2) is 0 Å². The van der Waals surface area contributed by atoms with E-state index in [1.54, 1.807) is 0 Å². The summed E-state index contributed by atoms with van der Waals surface area (Å²) in [5.41, 5.74) is 1.25. The monoisotopic (exact) mass is 296 g/mol. The first-order valence-corrected chi connectivity index (χ1v) is 7.96. The van der Waals surface area contributed by atoms with E-state index < -0.39 is 0 Å². The van der Waals surface area contributed by atoms with Crippen molar-refractivity contribution in [1.29, 1.82) is 0 Å². The van der Waals surface area contributed by atoms with Gasteiger partial charge in [0.15, 0.2) is 0 Å². The van der Waals surface area contributed by atoms with Gasteiger partial charge in [0.1, 0.15) is 0 Å². The standard InChI is InChI=1S/C16H25ClN2O/c1-2-18-16(13-5-3-6-14(17)11-13)8-10-19-9-4-7-15(20)12-19/h3,5-6,11,15-16,18,20H,2,4,7-10,12H2,1H3. The molecule has 2 atom stereocenters. The number of aliphatic hydroxyl groups is 1. The molecule has 4 heteroatoms. The molecule has 1 fully saturated rings. The van der Waals surface area contributed by atoms with Crippen LogP contribution < -0.4 is 5.32 Å². The summed E-state index contributed by atoms with van der Waals surface area (Å²) in [4.78, 5) is 2.36. The fourth-order valence-electron chi connectivity index (χ4n) is 2.90. The second-order valence-corrected chi connectivity index (χ2v) is 5.99. The van der Waals surface area contributed by atoms with Crippen LogP contribution in [0.5, 0.6) is 0 Å². The number of hydrogen-bond acceptors (Lipinski definition) is 3. The van der Waals surface area contributed by atoms with Gasteiger partial charge >= 0.3 is 0 Å². The molecular formula is C16H25ClN2O. The van der Waals surface area contributed by atoms with Crippen LogP contribution in [-0.4, -0.2) is 42.3 Å². The van der Waals surface area contributed by atoms with Crippen molar-refractivity contribution in [2.24, 2.45) is 0 Å². The van der Waals surface area contributed by atoms with Gasteiger partial charge < -0.3 is 15.3 Å². The topological polar surface area (TPSA) is 35.5 Å². The van der Waals surface area contributed by atoms with Gasteiger partial charge in [-0.2, -0.15) is 0 Å². The minimum Gasteiger partial charge on any atom is -0.392 e. The molecule has 0 amide bonds. The van der Waals surface area contributed by atoms with Crippen molar-refractivity contribution in [3.63, 3.8) is 0 Å². The highest BCUT2D eigenvalue weighted by atomic mass is 35.5. The molecule has 0 aliphatic carbocycles. The highest BCUT2D eigenvalue weighted by molar-refractivity contribution is 6.30. The zero-order chi connectivity index (χ0) is 14.4. The van der Waals surface area contributed by atoms with E-state index in [1.165, 1.54) is 5.56 Å². The van der Waals surface area contributed by atoms with E-state index in [2.05, 4.69) is 23.2 Å². The normalized spacial score (nSPS) is 21.9. The van der Waals surface area contributed by atoms with Crippen molar-refractivity contribution < 1.29 is 5.11 Å². The highest BCUT2D eigenvalue weighted by Crippen LogP contribution is 2.21. The van der Waals surface area contributed by atoms with Crippen LogP contribution in [0.4, 0.5) is 0 Å². The van der Waals surface area contributed by atoms with Crippen LogP contribution in [0, 0.1) is 0 Å². The van der Waals surface area contributed by atoms with Crippen LogP contribution in [0.15, 0.2) is 24.3 Å². The smallest absolute Gasteiger partial charge is 0.0667 e. The van der Waals surface area contributed by atoms with E-state index in [4.69, 9.17) is 11.6 Å². The molecule has 20 heavy (non-hydrogen) atoms. The number of piperidine rings is 1. The summed E-state index contributed by atoms with van der Waals surface area (Å²) in [5.74, 6) is 0. The Bertz CT molecular complexity index is 413. The first-order valence-electron chi connectivity index (χ1n) is 7.58. The molecule has 0 bridgehead atoms. The van der Waals surface area contributed by atoms with Crippen LogP contribution in [0.2, 0.25) is 5.02 Å². The Morgan fingerprint density at radius 1 is 1.50 bits per heavy atom. The van der Waals surface area contributed by atoms with Crippen molar-refractivity contribution in [3.05, 3.63) is 34.9 Å². The van der Waals surface area contributed by atoms with E-state index >= 15 is 0 Å². The van der Waals surface area contributed by atoms with Gasteiger partial charge in [-0.1, -0.05) is 30.7 Å². The lowest BCUT2D eigenvalue weighted by atomic mass is 10.0. The van der Waals surface area contributed by atoms with Gasteiger partial charge in [-0.15, -0.1) is 0 Å². The van der Waals surface area contributed by atoms with E-state index in [9.17, 15) is 5.11 Å². The zero-order valence-corrected chi connectivity index (χ0v) is 12.9. The lowest BCUT2D eigenvalue weighted by molar-refractivity contribution is 0.0685. The van der Waals surface area contributed by atoms with Gasteiger partial charge in [0.05, 0.1) is 6.10 Å². The molecule has 1 saturated heterocycles. The maximum atomic E-state index is 9.73. The second kappa shape index (κ2) is 7.99. The van der Waals surface area contributed by atoms with Gasteiger partial charge in [-0.3, -0.25) is 0 Å². The summed E-state index contributed by atoms with van der Waals surface area (Å²) in [5, 5.41) is 14.0. The maximum Gasteiger partial charge on any atom is 0.0667 e. The summed E-state index contributed by atoms with van der Waals surface area (Å²) >= 11 is 6.09. The molecule has 2 N–H and O–H groups in total. The average molecular weight is 297 g/mol. The Morgan fingerprint density at radius 3 is 3.05 bits per heavy atom. The van der Waals surface area contributed by atoms with E-state index in [0.29, 0.717) is 6.04 Å². The number of halogens is 1. The zero-order valence-electron chi connectivity index (χ0n) is 12.2. The highest BCUT2D eigenvalue weighted by Gasteiger charge is 2.19. The number of aliphatic hydroxyl groups excluding tert-OH is 1. The lowest BCUT2D eigenvalue weighted by Gasteiger charge is -2.31. The number of likely N-dealkylation sites (tertiary alicyclic amines) is 1. The molecule has 3 nitrogen and oxygen atoms in total. The molecule has 0 saturated carbocycles. The second-order valence-electron chi connectivity index (χ2n) is 5.55. The van der Waals surface area contributed by atoms with Crippen molar-refractivity contribution in [1.82, 2.24) is 10.2 Å².